The number of nitrogen functional groups attached to an aromatic ring is 1. The van der Waals surface area contributed by atoms with Crippen molar-refractivity contribution in [1.82, 2.24) is 14.5 Å². The first-order valence-corrected chi connectivity index (χ1v) is 8.99. The molecule has 3 aromatic rings. The van der Waals surface area contributed by atoms with Crippen LogP contribution in [-0.2, 0) is 19.4 Å². The van der Waals surface area contributed by atoms with Crippen LogP contribution in [0.4, 0.5) is 5.69 Å². The fourth-order valence-electron chi connectivity index (χ4n) is 4.02. The lowest BCUT2D eigenvalue weighted by Gasteiger charge is -2.18. The number of hydrogen-bond acceptors (Lipinski definition) is 3. The number of benzene rings is 1. The molecule has 0 unspecified atom stereocenters. The first-order chi connectivity index (χ1) is 11.7. The minimum atomic E-state index is 0.970. The largest absolute Gasteiger partial charge is 0.398 e. The molecular formula is C20H26N4. The molecular weight excluding hydrogens is 296 g/mol. The average molecular weight is 322 g/mol. The van der Waals surface area contributed by atoms with Crippen LogP contribution in [0, 0.1) is 0 Å². The molecule has 1 aromatic carbocycles. The number of nitrogens with two attached hydrogens (primary N) is 1. The maximum Gasteiger partial charge on any atom is 0.143 e. The van der Waals surface area contributed by atoms with Crippen LogP contribution in [0.2, 0.25) is 0 Å². The van der Waals surface area contributed by atoms with Gasteiger partial charge in [-0.1, -0.05) is 18.2 Å². The standard InChI is InChI=1S/C20H26N4/c1-23(2)12-7-13-24-17-11-6-4-9-15(17)18-19(21)14-8-3-5-10-16(14)22-20(18)24/h4,6,9,11H,3,5,7-8,10,12-13H2,1-2H3,(H2,21,22). The first-order valence-electron chi connectivity index (χ1n) is 8.99. The average Bonchev–Trinajstić information content (AvgIpc) is 2.89. The van der Waals surface area contributed by atoms with E-state index in [-0.39, 0.29) is 0 Å². The van der Waals surface area contributed by atoms with E-state index in [2.05, 4.69) is 47.8 Å². The van der Waals surface area contributed by atoms with Gasteiger partial charge in [-0.05, 0) is 64.4 Å². The zero-order valence-corrected chi connectivity index (χ0v) is 14.7. The maximum atomic E-state index is 6.63. The van der Waals surface area contributed by atoms with Crippen molar-refractivity contribution < 1.29 is 0 Å². The third kappa shape index (κ3) is 2.46. The van der Waals surface area contributed by atoms with Gasteiger partial charge in [0.15, 0.2) is 0 Å². The fourth-order valence-corrected chi connectivity index (χ4v) is 4.02. The number of aryl methyl sites for hydroxylation is 2. The molecule has 2 heterocycles. The number of aromatic nitrogens is 2. The van der Waals surface area contributed by atoms with Crippen molar-refractivity contribution in [1.29, 1.82) is 0 Å². The van der Waals surface area contributed by atoms with Crippen molar-refractivity contribution >= 4 is 27.6 Å². The molecule has 24 heavy (non-hydrogen) atoms. The lowest BCUT2D eigenvalue weighted by atomic mass is 9.93. The van der Waals surface area contributed by atoms with Gasteiger partial charge < -0.3 is 15.2 Å². The molecule has 0 radical (unpaired) electrons. The van der Waals surface area contributed by atoms with E-state index >= 15 is 0 Å². The SMILES string of the molecule is CN(C)CCCn1c2ccccc2c2c(N)c3c(nc21)CCCC3. The Morgan fingerprint density at radius 1 is 1.17 bits per heavy atom. The number of rotatable bonds is 4. The summed E-state index contributed by atoms with van der Waals surface area (Å²) < 4.78 is 2.37. The molecule has 1 aliphatic rings. The minimum Gasteiger partial charge on any atom is -0.398 e. The lowest BCUT2D eigenvalue weighted by molar-refractivity contribution is 0.389. The van der Waals surface area contributed by atoms with Gasteiger partial charge in [-0.15, -0.1) is 0 Å². The number of pyridine rings is 1. The monoisotopic (exact) mass is 322 g/mol. The molecule has 4 nitrogen and oxygen atoms in total. The smallest absolute Gasteiger partial charge is 0.143 e. The van der Waals surface area contributed by atoms with Gasteiger partial charge in [0.25, 0.3) is 0 Å². The molecule has 2 aromatic heterocycles. The van der Waals surface area contributed by atoms with Gasteiger partial charge in [0, 0.05) is 23.3 Å². The summed E-state index contributed by atoms with van der Waals surface area (Å²) >= 11 is 0. The Morgan fingerprint density at radius 3 is 2.79 bits per heavy atom. The predicted molar refractivity (Wildman–Crippen MR) is 101 cm³/mol. The zero-order valence-electron chi connectivity index (χ0n) is 14.7. The fraction of sp³-hybridized carbons (Fsp3) is 0.450. The highest BCUT2D eigenvalue weighted by molar-refractivity contribution is 6.13. The van der Waals surface area contributed by atoms with Crippen LogP contribution in [0.25, 0.3) is 21.9 Å². The summed E-state index contributed by atoms with van der Waals surface area (Å²) in [5.41, 5.74) is 12.5. The lowest BCUT2D eigenvalue weighted by Crippen LogP contribution is -2.15. The van der Waals surface area contributed by atoms with Gasteiger partial charge in [-0.25, -0.2) is 4.98 Å². The number of fused-ring (bicyclic) bond motifs is 4. The summed E-state index contributed by atoms with van der Waals surface area (Å²) in [5, 5.41) is 2.41. The van der Waals surface area contributed by atoms with E-state index in [4.69, 9.17) is 10.7 Å². The topological polar surface area (TPSA) is 47.1 Å². The second-order valence-corrected chi connectivity index (χ2v) is 7.18. The van der Waals surface area contributed by atoms with Crippen molar-refractivity contribution in [2.75, 3.05) is 26.4 Å². The molecule has 4 rings (SSSR count). The normalized spacial score (nSPS) is 14.6. The first kappa shape index (κ1) is 15.5. The molecule has 0 atom stereocenters. The van der Waals surface area contributed by atoms with E-state index in [0.29, 0.717) is 0 Å². The van der Waals surface area contributed by atoms with Crippen LogP contribution in [-0.4, -0.2) is 35.1 Å². The Labute approximate surface area is 143 Å². The van der Waals surface area contributed by atoms with Gasteiger partial charge in [-0.3, -0.25) is 0 Å². The van der Waals surface area contributed by atoms with Crippen molar-refractivity contribution in [3.63, 3.8) is 0 Å². The summed E-state index contributed by atoms with van der Waals surface area (Å²) in [6, 6.07) is 8.60. The molecule has 0 saturated carbocycles. The van der Waals surface area contributed by atoms with Crippen molar-refractivity contribution in [2.45, 2.75) is 38.6 Å². The summed E-state index contributed by atoms with van der Waals surface area (Å²) in [5.74, 6) is 0. The van der Waals surface area contributed by atoms with Gasteiger partial charge in [0.05, 0.1) is 10.9 Å². The Morgan fingerprint density at radius 2 is 1.96 bits per heavy atom. The molecule has 0 aliphatic heterocycles. The Hall–Kier alpha value is -2.07. The predicted octanol–water partition coefficient (Wildman–Crippen LogP) is 3.60. The molecule has 4 heteroatoms. The van der Waals surface area contributed by atoms with E-state index in [9.17, 15) is 0 Å². The Balaban J connectivity index is 1.93. The molecule has 0 saturated heterocycles. The van der Waals surface area contributed by atoms with Crippen LogP contribution in [0.1, 0.15) is 30.5 Å². The molecule has 2 N–H and O–H groups in total. The molecule has 1 aliphatic carbocycles. The van der Waals surface area contributed by atoms with E-state index in [1.165, 1.54) is 35.0 Å². The second-order valence-electron chi connectivity index (χ2n) is 7.18. The highest BCUT2D eigenvalue weighted by Crippen LogP contribution is 2.37. The van der Waals surface area contributed by atoms with Crippen molar-refractivity contribution in [3.8, 4) is 0 Å². The third-order valence-corrected chi connectivity index (χ3v) is 5.20. The highest BCUT2D eigenvalue weighted by atomic mass is 15.1. The van der Waals surface area contributed by atoms with Crippen molar-refractivity contribution in [2.24, 2.45) is 0 Å². The molecule has 126 valence electrons. The summed E-state index contributed by atoms with van der Waals surface area (Å²) in [7, 11) is 4.25. The van der Waals surface area contributed by atoms with E-state index in [1.807, 2.05) is 0 Å². The molecule has 0 spiro atoms. The van der Waals surface area contributed by atoms with Crippen LogP contribution in [0.5, 0.6) is 0 Å². The zero-order chi connectivity index (χ0) is 16.7. The summed E-state index contributed by atoms with van der Waals surface area (Å²) in [6.07, 6.45) is 5.70. The van der Waals surface area contributed by atoms with Crippen LogP contribution < -0.4 is 5.73 Å². The quantitative estimate of drug-likeness (QED) is 0.798. The Kier molecular flexibility index (Phi) is 3.93. The third-order valence-electron chi connectivity index (χ3n) is 5.20. The van der Waals surface area contributed by atoms with Gasteiger partial charge in [-0.2, -0.15) is 0 Å². The molecule has 0 fully saturated rings. The van der Waals surface area contributed by atoms with E-state index in [0.717, 1.165) is 49.1 Å². The van der Waals surface area contributed by atoms with Crippen molar-refractivity contribution in [3.05, 3.63) is 35.5 Å². The number of hydrogen-bond donors (Lipinski definition) is 1. The van der Waals surface area contributed by atoms with E-state index < -0.39 is 0 Å². The molecule has 0 amide bonds. The molecule has 0 bridgehead atoms. The van der Waals surface area contributed by atoms with Gasteiger partial charge >= 0.3 is 0 Å². The maximum absolute atomic E-state index is 6.63. The van der Waals surface area contributed by atoms with Crippen LogP contribution in [0.3, 0.4) is 0 Å². The minimum absolute atomic E-state index is 0.970. The number of nitrogens with zero attached hydrogens (tertiary/aromatic N) is 3. The summed E-state index contributed by atoms with van der Waals surface area (Å²) in [4.78, 5) is 7.31. The number of anilines is 1. The van der Waals surface area contributed by atoms with Gasteiger partial charge in [0.1, 0.15) is 5.65 Å². The van der Waals surface area contributed by atoms with Crippen LogP contribution >= 0.6 is 0 Å². The Bertz CT molecular complexity index is 892. The van der Waals surface area contributed by atoms with E-state index in [1.54, 1.807) is 0 Å². The summed E-state index contributed by atoms with van der Waals surface area (Å²) in [6.45, 7) is 2.06. The van der Waals surface area contributed by atoms with Gasteiger partial charge in [0.2, 0.25) is 0 Å². The second kappa shape index (κ2) is 6.10. The van der Waals surface area contributed by atoms with Crippen LogP contribution in [0.15, 0.2) is 24.3 Å². The highest BCUT2D eigenvalue weighted by Gasteiger charge is 2.21. The number of para-hydroxylation sites is 1.